The van der Waals surface area contributed by atoms with E-state index in [-0.39, 0.29) is 11.7 Å². The van der Waals surface area contributed by atoms with E-state index in [9.17, 15) is 9.18 Å². The molecule has 2 rings (SSSR count). The van der Waals surface area contributed by atoms with Gasteiger partial charge >= 0.3 is 0 Å². The van der Waals surface area contributed by atoms with Gasteiger partial charge in [0, 0.05) is 17.8 Å². The molecule has 0 bridgehead atoms. The van der Waals surface area contributed by atoms with Crippen LogP contribution in [-0.4, -0.2) is 38.2 Å². The molecule has 0 aliphatic rings. The summed E-state index contributed by atoms with van der Waals surface area (Å²) in [6.07, 6.45) is 0.990. The quantitative estimate of drug-likeness (QED) is 0.345. The van der Waals surface area contributed by atoms with Crippen molar-refractivity contribution in [3.05, 3.63) is 47.1 Å². The molecule has 0 aliphatic heterocycles. The normalized spacial score (nSPS) is 10.6. The van der Waals surface area contributed by atoms with E-state index in [0.29, 0.717) is 9.99 Å². The van der Waals surface area contributed by atoms with Gasteiger partial charge in [-0.05, 0) is 42.0 Å². The van der Waals surface area contributed by atoms with Crippen LogP contribution < -0.4 is 21.1 Å². The molecule has 0 saturated carbocycles. The van der Waals surface area contributed by atoms with Gasteiger partial charge in [0.2, 0.25) is 0 Å². The molecule has 5 nitrogen and oxygen atoms in total. The lowest BCUT2D eigenvalue weighted by Gasteiger charge is -2.11. The van der Waals surface area contributed by atoms with Crippen LogP contribution in [-0.2, 0) is 0 Å². The van der Waals surface area contributed by atoms with E-state index < -0.39 is 0 Å². The van der Waals surface area contributed by atoms with Crippen molar-refractivity contribution in [1.29, 1.82) is 0 Å². The summed E-state index contributed by atoms with van der Waals surface area (Å²) in [5, 5.41) is 3.43. The second-order valence-electron chi connectivity index (χ2n) is 5.82. The second-order valence-corrected chi connectivity index (χ2v) is 7.31. The zero-order valence-electron chi connectivity index (χ0n) is 14.2. The van der Waals surface area contributed by atoms with Crippen LogP contribution in [0.4, 0.5) is 4.39 Å². The van der Waals surface area contributed by atoms with Gasteiger partial charge in [0.05, 0.1) is 25.5 Å². The molecule has 8 heteroatoms. The molecule has 4 N–H and O–H groups in total. The number of thiophene rings is 1. The molecule has 0 spiro atoms. The number of hydrazine groups is 1. The van der Waals surface area contributed by atoms with E-state index in [2.05, 4.69) is 30.3 Å². The minimum atomic E-state index is -0.282. The Morgan fingerprint density at radius 1 is 1.16 bits per heavy atom. The SMILES string of the molecule is C[NH+](C)CCCNC(=S)NNC(=O)c1ccc(-c2ccc(F)cc2)s1. The molecule has 1 aromatic heterocycles. The third kappa shape index (κ3) is 6.41. The van der Waals surface area contributed by atoms with E-state index in [1.165, 1.54) is 28.4 Å². The van der Waals surface area contributed by atoms with Crippen molar-refractivity contribution in [2.75, 3.05) is 27.2 Å². The van der Waals surface area contributed by atoms with E-state index in [4.69, 9.17) is 12.2 Å². The Balaban J connectivity index is 1.79. The Morgan fingerprint density at radius 2 is 1.88 bits per heavy atom. The van der Waals surface area contributed by atoms with Crippen LogP contribution in [0.1, 0.15) is 16.1 Å². The van der Waals surface area contributed by atoms with Crippen LogP contribution in [0.3, 0.4) is 0 Å². The van der Waals surface area contributed by atoms with Crippen LogP contribution in [0.25, 0.3) is 10.4 Å². The van der Waals surface area contributed by atoms with Crippen molar-refractivity contribution >= 4 is 34.6 Å². The minimum Gasteiger partial charge on any atom is -0.361 e. The maximum Gasteiger partial charge on any atom is 0.279 e. The number of rotatable bonds is 6. The highest BCUT2D eigenvalue weighted by Crippen LogP contribution is 2.28. The standard InChI is InChI=1S/C17H21FN4OS2/c1-22(2)11-3-10-19-17(24)21-20-16(23)15-9-8-14(25-15)12-4-6-13(18)7-5-12/h4-9H,3,10-11H2,1-2H3,(H,20,23)(H2,19,21,24)/p+1. The molecular formula is C17H22FN4OS2+. The monoisotopic (exact) mass is 381 g/mol. The fraction of sp³-hybridized carbons (Fsp3) is 0.294. The third-order valence-corrected chi connectivity index (χ3v) is 4.77. The van der Waals surface area contributed by atoms with Crippen LogP contribution in [0.15, 0.2) is 36.4 Å². The van der Waals surface area contributed by atoms with E-state index in [0.717, 1.165) is 30.0 Å². The summed E-state index contributed by atoms with van der Waals surface area (Å²) in [6, 6.07) is 9.76. The third-order valence-electron chi connectivity index (χ3n) is 3.39. The maximum atomic E-state index is 13.0. The van der Waals surface area contributed by atoms with Crippen molar-refractivity contribution in [1.82, 2.24) is 16.2 Å². The highest BCUT2D eigenvalue weighted by Gasteiger charge is 2.10. The van der Waals surface area contributed by atoms with Gasteiger partial charge in [-0.15, -0.1) is 11.3 Å². The number of amides is 1. The van der Waals surface area contributed by atoms with Crippen LogP contribution in [0.2, 0.25) is 0 Å². The number of nitrogens with one attached hydrogen (secondary N) is 4. The smallest absolute Gasteiger partial charge is 0.279 e. The first-order chi connectivity index (χ1) is 12.0. The van der Waals surface area contributed by atoms with Gasteiger partial charge in [-0.25, -0.2) is 4.39 Å². The molecule has 2 aromatic rings. The molecule has 0 saturated heterocycles. The van der Waals surface area contributed by atoms with E-state index >= 15 is 0 Å². The highest BCUT2D eigenvalue weighted by atomic mass is 32.1. The van der Waals surface area contributed by atoms with Crippen LogP contribution >= 0.6 is 23.6 Å². The summed E-state index contributed by atoms with van der Waals surface area (Å²) in [7, 11) is 4.19. The summed E-state index contributed by atoms with van der Waals surface area (Å²) in [5.74, 6) is -0.546. The molecule has 1 heterocycles. The van der Waals surface area contributed by atoms with Crippen LogP contribution in [0, 0.1) is 5.82 Å². The summed E-state index contributed by atoms with van der Waals surface area (Å²) in [6.45, 7) is 1.80. The molecule has 1 amide bonds. The predicted octanol–water partition coefficient (Wildman–Crippen LogP) is 1.20. The van der Waals surface area contributed by atoms with Gasteiger partial charge in [-0.3, -0.25) is 15.6 Å². The van der Waals surface area contributed by atoms with Crippen molar-refractivity contribution in [2.45, 2.75) is 6.42 Å². The fourth-order valence-electron chi connectivity index (χ4n) is 2.09. The molecule has 134 valence electrons. The van der Waals surface area contributed by atoms with Crippen molar-refractivity contribution in [2.24, 2.45) is 0 Å². The molecule has 0 unspecified atom stereocenters. The van der Waals surface area contributed by atoms with E-state index in [1.807, 2.05) is 6.07 Å². The van der Waals surface area contributed by atoms with Crippen molar-refractivity contribution in [3.8, 4) is 10.4 Å². The van der Waals surface area contributed by atoms with Crippen LogP contribution in [0.5, 0.6) is 0 Å². The van der Waals surface area contributed by atoms with E-state index in [1.54, 1.807) is 18.2 Å². The first-order valence-electron chi connectivity index (χ1n) is 7.94. The lowest BCUT2D eigenvalue weighted by atomic mass is 10.2. The number of thiocarbonyl (C=S) groups is 1. The van der Waals surface area contributed by atoms with Gasteiger partial charge in [0.1, 0.15) is 5.82 Å². The Bertz CT molecular complexity index is 716. The van der Waals surface area contributed by atoms with Gasteiger partial charge in [0.25, 0.3) is 5.91 Å². The average molecular weight is 382 g/mol. The molecule has 1 aromatic carbocycles. The average Bonchev–Trinajstić information content (AvgIpc) is 3.07. The first-order valence-corrected chi connectivity index (χ1v) is 9.17. The Hall–Kier alpha value is -2.03. The zero-order valence-corrected chi connectivity index (χ0v) is 15.8. The van der Waals surface area contributed by atoms with Crippen molar-refractivity contribution in [3.63, 3.8) is 0 Å². The van der Waals surface area contributed by atoms with Gasteiger partial charge in [0.15, 0.2) is 5.11 Å². The molecule has 0 aliphatic carbocycles. The molecule has 25 heavy (non-hydrogen) atoms. The fourth-order valence-corrected chi connectivity index (χ4v) is 3.15. The summed E-state index contributed by atoms with van der Waals surface area (Å²) in [4.78, 5) is 15.0. The van der Waals surface area contributed by atoms with Gasteiger partial charge in [-0.2, -0.15) is 0 Å². The Labute approximate surface area is 156 Å². The number of carbonyl (C=O) groups is 1. The zero-order chi connectivity index (χ0) is 18.2. The number of carbonyl (C=O) groups excluding carboxylic acids is 1. The van der Waals surface area contributed by atoms with Gasteiger partial charge < -0.3 is 10.2 Å². The summed E-state index contributed by atoms with van der Waals surface area (Å²) < 4.78 is 13.0. The van der Waals surface area contributed by atoms with Gasteiger partial charge in [-0.1, -0.05) is 12.1 Å². The first kappa shape index (κ1) is 19.3. The molecule has 0 atom stereocenters. The number of hydrogen-bond donors (Lipinski definition) is 4. The topological polar surface area (TPSA) is 57.6 Å². The molecule has 0 radical (unpaired) electrons. The lowest BCUT2D eigenvalue weighted by Crippen LogP contribution is -3.05. The molecule has 0 fully saturated rings. The maximum absolute atomic E-state index is 13.0. The minimum absolute atomic E-state index is 0.264. The largest absolute Gasteiger partial charge is 0.361 e. The number of benzene rings is 1. The highest BCUT2D eigenvalue weighted by molar-refractivity contribution is 7.80. The number of quaternary nitrogens is 1. The summed E-state index contributed by atoms with van der Waals surface area (Å²) in [5.41, 5.74) is 6.15. The Kier molecular flexibility index (Phi) is 7.30. The Morgan fingerprint density at radius 3 is 2.56 bits per heavy atom. The summed E-state index contributed by atoms with van der Waals surface area (Å²) >= 11 is 6.45. The predicted molar refractivity (Wildman–Crippen MR) is 103 cm³/mol. The number of hydrogen-bond acceptors (Lipinski definition) is 3. The number of halogens is 1. The van der Waals surface area contributed by atoms with Crippen molar-refractivity contribution < 1.29 is 14.1 Å². The second kappa shape index (κ2) is 9.45. The molecular weight excluding hydrogens is 359 g/mol. The lowest BCUT2D eigenvalue weighted by molar-refractivity contribution is -0.858.